The Morgan fingerprint density at radius 1 is 1.50 bits per heavy atom. The first kappa shape index (κ1) is 10.8. The molecule has 0 bridgehead atoms. The summed E-state index contributed by atoms with van der Waals surface area (Å²) in [6, 6.07) is 1.96. The number of hydrogen-bond acceptors (Lipinski definition) is 3. The summed E-state index contributed by atoms with van der Waals surface area (Å²) in [4.78, 5) is 6.43. The lowest BCUT2D eigenvalue weighted by Gasteiger charge is -2.21. The Hall–Kier alpha value is -1.25. The summed E-state index contributed by atoms with van der Waals surface area (Å²) in [5, 5.41) is 0. The fourth-order valence-corrected chi connectivity index (χ4v) is 1.54. The first-order valence-corrected chi connectivity index (χ1v) is 4.94. The molecule has 0 aliphatic carbocycles. The first-order chi connectivity index (χ1) is 6.50. The maximum atomic E-state index is 5.89. The summed E-state index contributed by atoms with van der Waals surface area (Å²) in [6.45, 7) is 7.33. The third kappa shape index (κ3) is 2.62. The summed E-state index contributed by atoms with van der Waals surface area (Å²) >= 11 is 0. The van der Waals surface area contributed by atoms with E-state index in [1.807, 2.05) is 26.2 Å². The number of aryl methyl sites for hydroxylation is 1. The van der Waals surface area contributed by atoms with Crippen LogP contribution in [-0.2, 0) is 0 Å². The zero-order valence-electron chi connectivity index (χ0n) is 9.41. The van der Waals surface area contributed by atoms with Crippen molar-refractivity contribution in [2.24, 2.45) is 5.92 Å². The molecule has 3 heteroatoms. The van der Waals surface area contributed by atoms with Crippen LogP contribution in [-0.4, -0.2) is 18.6 Å². The number of nitrogens with zero attached hydrogens (tertiary/aromatic N) is 2. The van der Waals surface area contributed by atoms with Gasteiger partial charge in [0.1, 0.15) is 0 Å². The van der Waals surface area contributed by atoms with Crippen LogP contribution >= 0.6 is 0 Å². The second kappa shape index (κ2) is 4.31. The van der Waals surface area contributed by atoms with Crippen molar-refractivity contribution in [3.63, 3.8) is 0 Å². The summed E-state index contributed by atoms with van der Waals surface area (Å²) in [6.07, 6.45) is 1.85. The molecule has 0 aliphatic heterocycles. The van der Waals surface area contributed by atoms with E-state index in [-0.39, 0.29) is 0 Å². The van der Waals surface area contributed by atoms with E-state index in [0.717, 1.165) is 23.6 Å². The van der Waals surface area contributed by atoms with Crippen LogP contribution in [0.25, 0.3) is 0 Å². The smallest absolute Gasteiger partial charge is 0.151 e. The largest absolute Gasteiger partial charge is 0.396 e. The van der Waals surface area contributed by atoms with Crippen molar-refractivity contribution in [3.05, 3.63) is 17.8 Å². The minimum Gasteiger partial charge on any atom is -0.396 e. The molecule has 0 radical (unpaired) electrons. The van der Waals surface area contributed by atoms with Gasteiger partial charge in [-0.2, -0.15) is 0 Å². The van der Waals surface area contributed by atoms with Crippen LogP contribution in [0.15, 0.2) is 12.3 Å². The van der Waals surface area contributed by atoms with E-state index in [1.165, 1.54) is 0 Å². The maximum Gasteiger partial charge on any atom is 0.151 e. The van der Waals surface area contributed by atoms with Gasteiger partial charge < -0.3 is 10.6 Å². The summed E-state index contributed by atoms with van der Waals surface area (Å²) < 4.78 is 0. The van der Waals surface area contributed by atoms with Crippen LogP contribution in [0.4, 0.5) is 11.5 Å². The Bertz CT molecular complexity index is 307. The van der Waals surface area contributed by atoms with E-state index in [4.69, 9.17) is 5.73 Å². The molecular formula is C11H19N3. The predicted molar refractivity (Wildman–Crippen MR) is 61.5 cm³/mol. The van der Waals surface area contributed by atoms with E-state index >= 15 is 0 Å². The highest BCUT2D eigenvalue weighted by Crippen LogP contribution is 2.20. The van der Waals surface area contributed by atoms with E-state index < -0.39 is 0 Å². The second-order valence-corrected chi connectivity index (χ2v) is 4.20. The van der Waals surface area contributed by atoms with Gasteiger partial charge in [0.2, 0.25) is 0 Å². The van der Waals surface area contributed by atoms with Crippen LogP contribution in [0, 0.1) is 12.8 Å². The van der Waals surface area contributed by atoms with Crippen LogP contribution in [0.2, 0.25) is 0 Å². The Balaban J connectivity index is 2.84. The van der Waals surface area contributed by atoms with Gasteiger partial charge in [0, 0.05) is 19.8 Å². The number of nitrogen functional groups attached to an aromatic ring is 1. The van der Waals surface area contributed by atoms with Gasteiger partial charge in [-0.05, 0) is 24.5 Å². The molecular weight excluding hydrogens is 174 g/mol. The van der Waals surface area contributed by atoms with E-state index in [2.05, 4.69) is 23.7 Å². The number of anilines is 2. The Morgan fingerprint density at radius 2 is 2.14 bits per heavy atom. The van der Waals surface area contributed by atoms with Gasteiger partial charge in [-0.1, -0.05) is 13.8 Å². The second-order valence-electron chi connectivity index (χ2n) is 4.20. The number of hydrogen-bond donors (Lipinski definition) is 1. The summed E-state index contributed by atoms with van der Waals surface area (Å²) in [5.74, 6) is 1.49. The molecule has 3 nitrogen and oxygen atoms in total. The highest BCUT2D eigenvalue weighted by Gasteiger charge is 2.08. The summed E-state index contributed by atoms with van der Waals surface area (Å²) in [7, 11) is 2.02. The van der Waals surface area contributed by atoms with Crippen molar-refractivity contribution < 1.29 is 0 Å². The van der Waals surface area contributed by atoms with E-state index in [0.29, 0.717) is 5.92 Å². The molecule has 1 aromatic heterocycles. The molecule has 1 heterocycles. The van der Waals surface area contributed by atoms with Crippen molar-refractivity contribution in [2.75, 3.05) is 24.2 Å². The fraction of sp³-hybridized carbons (Fsp3) is 0.545. The topological polar surface area (TPSA) is 42.2 Å². The third-order valence-electron chi connectivity index (χ3n) is 2.03. The molecule has 0 aromatic carbocycles. The molecule has 0 unspecified atom stereocenters. The average Bonchev–Trinajstić information content (AvgIpc) is 2.01. The van der Waals surface area contributed by atoms with Gasteiger partial charge in [0.05, 0.1) is 5.69 Å². The fourth-order valence-electron chi connectivity index (χ4n) is 1.54. The lowest BCUT2D eigenvalue weighted by atomic mass is 10.2. The lowest BCUT2D eigenvalue weighted by Crippen LogP contribution is -2.24. The van der Waals surface area contributed by atoms with Gasteiger partial charge >= 0.3 is 0 Å². The third-order valence-corrected chi connectivity index (χ3v) is 2.03. The predicted octanol–water partition coefficient (Wildman–Crippen LogP) is 2.06. The molecule has 0 spiro atoms. The van der Waals surface area contributed by atoms with Crippen LogP contribution in [0.1, 0.15) is 19.4 Å². The van der Waals surface area contributed by atoms with Crippen LogP contribution in [0.5, 0.6) is 0 Å². The van der Waals surface area contributed by atoms with Gasteiger partial charge in [0.15, 0.2) is 5.82 Å². The molecule has 0 saturated carbocycles. The zero-order valence-corrected chi connectivity index (χ0v) is 9.41. The molecule has 0 atom stereocenters. The van der Waals surface area contributed by atoms with E-state index in [1.54, 1.807) is 0 Å². The molecule has 0 saturated heterocycles. The van der Waals surface area contributed by atoms with Gasteiger partial charge in [0.25, 0.3) is 0 Å². The van der Waals surface area contributed by atoms with Crippen LogP contribution < -0.4 is 10.6 Å². The Morgan fingerprint density at radius 3 is 2.64 bits per heavy atom. The molecule has 1 aromatic rings. The van der Waals surface area contributed by atoms with Gasteiger partial charge in [-0.3, -0.25) is 0 Å². The number of pyridine rings is 1. The van der Waals surface area contributed by atoms with Crippen molar-refractivity contribution in [3.8, 4) is 0 Å². The number of nitrogens with two attached hydrogens (primary N) is 1. The molecule has 14 heavy (non-hydrogen) atoms. The van der Waals surface area contributed by atoms with Gasteiger partial charge in [-0.25, -0.2) is 4.98 Å². The average molecular weight is 193 g/mol. The lowest BCUT2D eigenvalue weighted by molar-refractivity contribution is 0.635. The normalized spacial score (nSPS) is 10.6. The Kier molecular flexibility index (Phi) is 3.33. The molecule has 0 aliphatic rings. The Labute approximate surface area is 85.9 Å². The molecule has 0 fully saturated rings. The van der Waals surface area contributed by atoms with Crippen molar-refractivity contribution >= 4 is 11.5 Å². The standard InChI is InChI=1S/C11H19N3/c1-8(2)7-14(4)11-10(12)5-9(3)6-13-11/h5-6,8H,7,12H2,1-4H3. The quantitative estimate of drug-likeness (QED) is 0.799. The molecule has 0 amide bonds. The minimum absolute atomic E-state index is 0.613. The van der Waals surface area contributed by atoms with Crippen molar-refractivity contribution in [1.29, 1.82) is 0 Å². The highest BCUT2D eigenvalue weighted by atomic mass is 15.2. The molecule has 78 valence electrons. The minimum atomic E-state index is 0.613. The highest BCUT2D eigenvalue weighted by molar-refractivity contribution is 5.62. The zero-order chi connectivity index (χ0) is 10.7. The molecule has 2 N–H and O–H groups in total. The SMILES string of the molecule is Cc1cnc(N(C)CC(C)C)c(N)c1. The number of aromatic nitrogens is 1. The van der Waals surface area contributed by atoms with Crippen molar-refractivity contribution in [2.45, 2.75) is 20.8 Å². The van der Waals surface area contributed by atoms with Gasteiger partial charge in [-0.15, -0.1) is 0 Å². The number of rotatable bonds is 3. The first-order valence-electron chi connectivity index (χ1n) is 4.94. The molecule has 1 rings (SSSR count). The van der Waals surface area contributed by atoms with E-state index in [9.17, 15) is 0 Å². The monoisotopic (exact) mass is 193 g/mol. The maximum absolute atomic E-state index is 5.89. The van der Waals surface area contributed by atoms with Crippen LogP contribution in [0.3, 0.4) is 0 Å². The van der Waals surface area contributed by atoms with Crippen molar-refractivity contribution in [1.82, 2.24) is 4.98 Å². The summed E-state index contributed by atoms with van der Waals surface area (Å²) in [5.41, 5.74) is 7.75.